The molecule has 10 heteroatoms. The van der Waals surface area contributed by atoms with E-state index >= 15 is 0 Å². The maximum Gasteiger partial charge on any atom is 0.252 e. The van der Waals surface area contributed by atoms with Gasteiger partial charge in [0.2, 0.25) is 5.95 Å². The number of nitrogens with zero attached hydrogens (tertiary/aromatic N) is 7. The lowest BCUT2D eigenvalue weighted by molar-refractivity contribution is 0.0537. The monoisotopic (exact) mass is 386 g/mol. The van der Waals surface area contributed by atoms with Gasteiger partial charge >= 0.3 is 0 Å². The predicted octanol–water partition coefficient (Wildman–Crippen LogP) is 2.33. The molecule has 1 aliphatic carbocycles. The summed E-state index contributed by atoms with van der Waals surface area (Å²) in [6.07, 6.45) is 8.99. The number of rotatable bonds is 6. The quantitative estimate of drug-likeness (QED) is 0.701. The molecule has 4 heterocycles. The van der Waals surface area contributed by atoms with Crippen LogP contribution in [0.15, 0.2) is 37.1 Å². The molecule has 5 rings (SSSR count). The second-order valence-corrected chi connectivity index (χ2v) is 7.54. The lowest BCUT2D eigenvalue weighted by Crippen LogP contribution is -2.48. The first-order chi connectivity index (χ1) is 13.5. The third-order valence-corrected chi connectivity index (χ3v) is 5.26. The molecule has 1 aliphatic heterocycles. The molecule has 1 saturated heterocycles. The molecule has 1 N–H and O–H groups in total. The molecule has 0 amide bonds. The van der Waals surface area contributed by atoms with Crippen LogP contribution in [-0.2, 0) is 7.05 Å². The second-order valence-electron chi connectivity index (χ2n) is 7.54. The number of halogens is 2. The van der Waals surface area contributed by atoms with Crippen molar-refractivity contribution < 1.29 is 8.78 Å². The SMILES string of the molecule is Cn1cc(Nc2nccc(-c3cnn(C4CN(CC5CC5(F)F)C4)c3)n2)cn1. The van der Waals surface area contributed by atoms with Gasteiger partial charge in [0.05, 0.1) is 29.8 Å². The molecule has 3 aromatic heterocycles. The maximum absolute atomic E-state index is 13.0. The summed E-state index contributed by atoms with van der Waals surface area (Å²) in [5.41, 5.74) is 2.47. The molecule has 28 heavy (non-hydrogen) atoms. The maximum atomic E-state index is 13.0. The summed E-state index contributed by atoms with van der Waals surface area (Å²) in [7, 11) is 1.84. The van der Waals surface area contributed by atoms with Crippen molar-refractivity contribution in [1.82, 2.24) is 34.4 Å². The molecule has 3 aromatic rings. The average molecular weight is 386 g/mol. The molecule has 0 spiro atoms. The number of alkyl halides is 2. The standard InChI is InChI=1S/C18H20F2N8/c1-26-9-14(6-22-26)24-17-21-3-2-16(25-17)12-5-23-28(7-12)15-10-27(11-15)8-13-4-18(13,19)20/h2-3,5-7,9,13,15H,4,8,10-11H2,1H3,(H,21,24,25). The Morgan fingerprint density at radius 2 is 2.04 bits per heavy atom. The highest BCUT2D eigenvalue weighted by Crippen LogP contribution is 2.49. The van der Waals surface area contributed by atoms with Crippen LogP contribution in [0.3, 0.4) is 0 Å². The third kappa shape index (κ3) is 3.35. The molecule has 0 bridgehead atoms. The van der Waals surface area contributed by atoms with E-state index in [1.165, 1.54) is 0 Å². The summed E-state index contributed by atoms with van der Waals surface area (Å²) < 4.78 is 29.7. The molecule has 0 aromatic carbocycles. The Balaban J connectivity index is 1.22. The highest BCUT2D eigenvalue weighted by atomic mass is 19.3. The van der Waals surface area contributed by atoms with E-state index in [1.807, 2.05) is 30.2 Å². The van der Waals surface area contributed by atoms with Gasteiger partial charge in [-0.3, -0.25) is 14.3 Å². The van der Waals surface area contributed by atoms with E-state index < -0.39 is 11.8 Å². The zero-order valence-electron chi connectivity index (χ0n) is 15.3. The number of hydrogen-bond acceptors (Lipinski definition) is 6. The van der Waals surface area contributed by atoms with Crippen molar-refractivity contribution in [2.45, 2.75) is 18.4 Å². The molecule has 1 atom stereocenters. The third-order valence-electron chi connectivity index (χ3n) is 5.26. The predicted molar refractivity (Wildman–Crippen MR) is 98.3 cm³/mol. The first-order valence-electron chi connectivity index (χ1n) is 9.20. The van der Waals surface area contributed by atoms with Gasteiger partial charge in [0.25, 0.3) is 5.92 Å². The van der Waals surface area contributed by atoms with E-state index in [9.17, 15) is 8.78 Å². The zero-order chi connectivity index (χ0) is 19.3. The van der Waals surface area contributed by atoms with Crippen LogP contribution >= 0.6 is 0 Å². The number of likely N-dealkylation sites (tertiary alicyclic amines) is 1. The van der Waals surface area contributed by atoms with Gasteiger partial charge in [-0.1, -0.05) is 0 Å². The Kier molecular flexibility index (Phi) is 3.90. The highest BCUT2D eigenvalue weighted by Gasteiger charge is 2.57. The van der Waals surface area contributed by atoms with Crippen LogP contribution in [0.1, 0.15) is 12.5 Å². The lowest BCUT2D eigenvalue weighted by atomic mass is 10.1. The van der Waals surface area contributed by atoms with Gasteiger partial charge in [0.1, 0.15) is 0 Å². The largest absolute Gasteiger partial charge is 0.321 e. The van der Waals surface area contributed by atoms with Crippen LogP contribution in [-0.4, -0.2) is 60.0 Å². The minimum absolute atomic E-state index is 0.0310. The first kappa shape index (κ1) is 17.2. The van der Waals surface area contributed by atoms with Gasteiger partial charge in [-0.2, -0.15) is 10.2 Å². The fourth-order valence-electron chi connectivity index (χ4n) is 3.50. The van der Waals surface area contributed by atoms with Crippen molar-refractivity contribution in [2.75, 3.05) is 25.0 Å². The Labute approximate surface area is 160 Å². The summed E-state index contributed by atoms with van der Waals surface area (Å²) in [4.78, 5) is 10.8. The van der Waals surface area contributed by atoms with E-state index in [0.29, 0.717) is 12.5 Å². The van der Waals surface area contributed by atoms with Crippen molar-refractivity contribution in [2.24, 2.45) is 13.0 Å². The van der Waals surface area contributed by atoms with Crippen LogP contribution in [0.5, 0.6) is 0 Å². The number of hydrogen-bond donors (Lipinski definition) is 1. The van der Waals surface area contributed by atoms with Crippen LogP contribution in [0, 0.1) is 5.92 Å². The molecule has 0 radical (unpaired) electrons. The van der Waals surface area contributed by atoms with E-state index in [1.54, 1.807) is 23.3 Å². The van der Waals surface area contributed by atoms with Gasteiger partial charge in [-0.05, 0) is 6.07 Å². The lowest BCUT2D eigenvalue weighted by Gasteiger charge is -2.39. The second kappa shape index (κ2) is 6.33. The summed E-state index contributed by atoms with van der Waals surface area (Å²) >= 11 is 0. The Morgan fingerprint density at radius 1 is 1.21 bits per heavy atom. The number of aryl methyl sites for hydroxylation is 1. The van der Waals surface area contributed by atoms with Crippen LogP contribution in [0.4, 0.5) is 20.4 Å². The fourth-order valence-corrected chi connectivity index (χ4v) is 3.50. The van der Waals surface area contributed by atoms with E-state index in [-0.39, 0.29) is 12.5 Å². The van der Waals surface area contributed by atoms with Crippen molar-refractivity contribution in [3.63, 3.8) is 0 Å². The molecule has 1 saturated carbocycles. The molecule has 8 nitrogen and oxygen atoms in total. The molecule has 146 valence electrons. The topological polar surface area (TPSA) is 76.7 Å². The minimum Gasteiger partial charge on any atom is -0.321 e. The van der Waals surface area contributed by atoms with Crippen molar-refractivity contribution in [3.8, 4) is 11.3 Å². The molecule has 1 unspecified atom stereocenters. The van der Waals surface area contributed by atoms with Gasteiger partial charge < -0.3 is 5.32 Å². The van der Waals surface area contributed by atoms with E-state index in [0.717, 1.165) is 30.0 Å². The zero-order valence-corrected chi connectivity index (χ0v) is 15.3. The normalized spacial score (nSPS) is 21.5. The van der Waals surface area contributed by atoms with Gasteiger partial charge in [0.15, 0.2) is 0 Å². The Bertz CT molecular complexity index is 991. The Hall–Kier alpha value is -2.88. The van der Waals surface area contributed by atoms with Crippen LogP contribution in [0.2, 0.25) is 0 Å². The van der Waals surface area contributed by atoms with E-state index in [2.05, 4.69) is 30.4 Å². The smallest absolute Gasteiger partial charge is 0.252 e. The summed E-state index contributed by atoms with van der Waals surface area (Å²) in [5.74, 6) is -2.43. The van der Waals surface area contributed by atoms with Gasteiger partial charge in [0, 0.05) is 63.2 Å². The summed E-state index contributed by atoms with van der Waals surface area (Å²) in [5, 5.41) is 11.7. The van der Waals surface area contributed by atoms with E-state index in [4.69, 9.17) is 0 Å². The first-order valence-corrected chi connectivity index (χ1v) is 9.20. The van der Waals surface area contributed by atoms with Crippen molar-refractivity contribution in [1.29, 1.82) is 0 Å². The fraction of sp³-hybridized carbons (Fsp3) is 0.444. The molecule has 2 aliphatic rings. The Morgan fingerprint density at radius 3 is 2.75 bits per heavy atom. The number of nitrogens with one attached hydrogen (secondary N) is 1. The van der Waals surface area contributed by atoms with Crippen LogP contribution in [0.25, 0.3) is 11.3 Å². The minimum atomic E-state index is -2.45. The molecular weight excluding hydrogens is 366 g/mol. The summed E-state index contributed by atoms with van der Waals surface area (Å²) in [6.45, 7) is 1.99. The van der Waals surface area contributed by atoms with Crippen LogP contribution < -0.4 is 5.32 Å². The van der Waals surface area contributed by atoms with Crippen molar-refractivity contribution in [3.05, 3.63) is 37.1 Å². The highest BCUT2D eigenvalue weighted by molar-refractivity contribution is 5.60. The van der Waals surface area contributed by atoms with Crippen molar-refractivity contribution >= 4 is 11.6 Å². The molecule has 2 fully saturated rings. The number of anilines is 2. The number of aromatic nitrogens is 6. The van der Waals surface area contributed by atoms with Gasteiger partial charge in [-0.25, -0.2) is 18.7 Å². The average Bonchev–Trinajstić information content (AvgIpc) is 2.99. The van der Waals surface area contributed by atoms with Gasteiger partial charge in [-0.15, -0.1) is 0 Å². The summed E-state index contributed by atoms with van der Waals surface area (Å²) in [6, 6.07) is 2.05. The molecular formula is C18H20F2N8.